The number of phenols is 4. The van der Waals surface area contributed by atoms with Crippen molar-refractivity contribution in [2.75, 3.05) is 23.9 Å². The van der Waals surface area contributed by atoms with Crippen LogP contribution < -0.4 is 9.80 Å². The van der Waals surface area contributed by atoms with Crippen molar-refractivity contribution in [3.05, 3.63) is 481 Å². The van der Waals surface area contributed by atoms with Gasteiger partial charge in [-0.1, -0.05) is 233 Å². The molecule has 0 saturated heterocycles. The van der Waals surface area contributed by atoms with E-state index in [4.69, 9.17) is 20.0 Å². The standard InChI is InChI=1S/2C23H19N3O4.2C23H18N2O4.2C7H8.2C2H6/c2*1-25-21-12-9-17(26(29)30)14-19(21)22(16-7-10-18(27)11-8-16)24-20(23(25)28)13-15-5-3-2-4-6-15;2*26-19-10-7-16(8-11-19)23-20-14-18(25(28)29)9-6-17(20)13-22(27)21(24-23)12-15-4-2-1-3-5-15;2*1-7-5-3-2-4-6-7;2*1-2/h2*2-12,14,20,27H,13H2,1H3;2*1-11,14,21,26H,12-13H2;2*2-6H,1H3;2*1-2H3. The number of likely N-dealkylation sites (N-methyl/N-ethyl adjacent to an activating group) is 2. The van der Waals surface area contributed by atoms with Crippen LogP contribution in [0.25, 0.3) is 0 Å². The SMILES string of the molecule is CC.CC.CN1C(=O)C(Cc2ccccc2)N=C(c2ccc(O)cc2)c2cc([N+](=O)[O-])ccc21.CN1C(=O)C(Cc2ccccc2)N=C(c2ccc(O)cc2)c2cc([N+](=O)[O-])ccc21.Cc1ccccc1.Cc1ccccc1.O=C1Cc2ccc([N+](=O)[O-])cc2C(c2ccc(O)cc2)=NC1Cc1ccccc1.O=C1Cc2ccc([N+](=O)[O-])cc2C(c2ccc(O)cc2)=NC1Cc1ccccc1. The lowest BCUT2D eigenvalue weighted by Gasteiger charge is -2.20. The molecule has 0 aliphatic carbocycles. The highest BCUT2D eigenvalue weighted by molar-refractivity contribution is 6.22. The fourth-order valence-corrected chi connectivity index (χ4v) is 15.2. The first-order valence-corrected chi connectivity index (χ1v) is 44.1. The third-order valence-electron chi connectivity index (χ3n) is 22.1. The van der Waals surface area contributed by atoms with E-state index in [1.165, 1.54) is 118 Å². The van der Waals surface area contributed by atoms with Gasteiger partial charge in [0.15, 0.2) is 11.6 Å². The fraction of sp³-hybridized carbons (Fsp3) is 0.164. The molecule has 18 rings (SSSR count). The number of benzene rings is 14. The van der Waals surface area contributed by atoms with Gasteiger partial charge in [0.1, 0.15) is 47.2 Å². The molecule has 4 unspecified atom stereocenters. The molecule has 26 heteroatoms. The first kappa shape index (κ1) is 99.4. The van der Waals surface area contributed by atoms with Crippen LogP contribution in [0.1, 0.15) is 117 Å². The molecule has 0 radical (unpaired) electrons. The Labute approximate surface area is 787 Å². The molecule has 4 aliphatic heterocycles. The van der Waals surface area contributed by atoms with Crippen LogP contribution in [0.2, 0.25) is 0 Å². The number of nitrogens with zero attached hydrogens (tertiary/aromatic N) is 10. The number of benzodiazepines with no additional fused rings is 2. The zero-order valence-corrected chi connectivity index (χ0v) is 76.2. The molecule has 0 spiro atoms. The van der Waals surface area contributed by atoms with Crippen molar-refractivity contribution in [2.45, 2.75) is 104 Å². The van der Waals surface area contributed by atoms with Gasteiger partial charge < -0.3 is 30.2 Å². The van der Waals surface area contributed by atoms with Gasteiger partial charge in [-0.05, 0) is 156 Å². The Morgan fingerprint density at radius 1 is 0.287 bits per heavy atom. The molecule has 0 saturated carbocycles. The second-order valence-corrected chi connectivity index (χ2v) is 31.4. The van der Waals surface area contributed by atoms with Crippen LogP contribution in [0.3, 0.4) is 0 Å². The Hall–Kier alpha value is -17.2. The maximum Gasteiger partial charge on any atom is 0.270 e. The molecule has 688 valence electrons. The second-order valence-electron chi connectivity index (χ2n) is 31.4. The summed E-state index contributed by atoms with van der Waals surface area (Å²) in [6.07, 6.45) is 2.05. The van der Waals surface area contributed by atoms with Crippen LogP contribution in [0.4, 0.5) is 34.1 Å². The predicted molar refractivity (Wildman–Crippen MR) is 532 cm³/mol. The number of aliphatic imine (C=N–C) groups is 4. The van der Waals surface area contributed by atoms with Crippen LogP contribution in [0.5, 0.6) is 23.0 Å². The third kappa shape index (κ3) is 26.6. The second kappa shape index (κ2) is 48.1. The van der Waals surface area contributed by atoms with Crippen molar-refractivity contribution in [3.8, 4) is 23.0 Å². The van der Waals surface area contributed by atoms with Gasteiger partial charge >= 0.3 is 0 Å². The smallest absolute Gasteiger partial charge is 0.270 e. The number of nitro benzene ring substituents is 4. The van der Waals surface area contributed by atoms with Gasteiger partial charge in [0.25, 0.3) is 34.6 Å². The van der Waals surface area contributed by atoms with Gasteiger partial charge in [-0.2, -0.15) is 0 Å². The number of non-ortho nitro benzene ring substituents is 4. The normalized spacial score (nSPS) is 14.8. The minimum atomic E-state index is -0.687. The number of fused-ring (bicyclic) bond motifs is 4. The zero-order chi connectivity index (χ0) is 97.5. The average Bonchev–Trinajstić information content (AvgIpc) is 1.62. The molecule has 0 bridgehead atoms. The Morgan fingerprint density at radius 2 is 0.500 bits per heavy atom. The van der Waals surface area contributed by atoms with Gasteiger partial charge in [-0.3, -0.25) is 79.6 Å². The highest BCUT2D eigenvalue weighted by atomic mass is 16.6. The Bertz CT molecular complexity index is 6250. The average molecular weight is 1820 g/mol. The van der Waals surface area contributed by atoms with E-state index < -0.39 is 43.9 Å². The first-order valence-electron chi connectivity index (χ1n) is 44.1. The summed E-state index contributed by atoms with van der Waals surface area (Å²) < 4.78 is 0. The monoisotopic (exact) mass is 1820 g/mol. The molecule has 14 aromatic rings. The summed E-state index contributed by atoms with van der Waals surface area (Å²) in [5, 5.41) is 83.9. The van der Waals surface area contributed by atoms with E-state index >= 15 is 0 Å². The number of ketones is 2. The summed E-state index contributed by atoms with van der Waals surface area (Å²) in [7, 11) is 3.31. The van der Waals surface area contributed by atoms with Crippen LogP contribution in [0.15, 0.2) is 372 Å². The zero-order valence-electron chi connectivity index (χ0n) is 76.2. The van der Waals surface area contributed by atoms with Crippen LogP contribution in [-0.4, -0.2) is 125 Å². The summed E-state index contributed by atoms with van der Waals surface area (Å²) in [5.74, 6) is -0.0261. The van der Waals surface area contributed by atoms with Crippen molar-refractivity contribution in [3.63, 3.8) is 0 Å². The number of amides is 2. The Balaban J connectivity index is 0.000000164. The molecule has 4 N–H and O–H groups in total. The van der Waals surface area contributed by atoms with E-state index in [0.717, 1.165) is 22.3 Å². The van der Waals surface area contributed by atoms with Crippen molar-refractivity contribution < 1.29 is 59.3 Å². The Morgan fingerprint density at radius 3 is 0.735 bits per heavy atom. The molecular weight excluding hydrogens is 1720 g/mol. The van der Waals surface area contributed by atoms with Crippen molar-refractivity contribution in [1.29, 1.82) is 0 Å². The van der Waals surface area contributed by atoms with Crippen molar-refractivity contribution in [2.24, 2.45) is 20.0 Å². The quantitative estimate of drug-likeness (QED) is 0.0516. The van der Waals surface area contributed by atoms with Crippen molar-refractivity contribution >= 4 is 80.4 Å². The number of carbonyl (C=O) groups excluding carboxylic acids is 4. The van der Waals surface area contributed by atoms with E-state index in [0.29, 0.717) is 116 Å². The summed E-state index contributed by atoms with van der Waals surface area (Å²) in [6, 6.07) is 100. The number of aromatic hydroxyl groups is 4. The topological polar surface area (TPSA) is 378 Å². The van der Waals surface area contributed by atoms with Crippen LogP contribution in [0, 0.1) is 54.3 Å². The first-order chi connectivity index (χ1) is 65.7. The lowest BCUT2D eigenvalue weighted by Crippen LogP contribution is -2.36. The van der Waals surface area contributed by atoms with Gasteiger partial charge in [-0.15, -0.1) is 0 Å². The highest BCUT2D eigenvalue weighted by Crippen LogP contribution is 2.37. The molecular formula is C110H102N10O16. The molecule has 4 atom stereocenters. The fourth-order valence-electron chi connectivity index (χ4n) is 15.2. The highest BCUT2D eigenvalue weighted by Gasteiger charge is 2.36. The predicted octanol–water partition coefficient (Wildman–Crippen LogP) is 21.2. The number of rotatable bonds is 16. The summed E-state index contributed by atoms with van der Waals surface area (Å²) in [4.78, 5) is 118. The molecule has 136 heavy (non-hydrogen) atoms. The molecule has 14 aromatic carbocycles. The number of carbonyl (C=O) groups is 4. The van der Waals surface area contributed by atoms with E-state index in [-0.39, 0.29) is 82.0 Å². The van der Waals surface area contributed by atoms with E-state index in [2.05, 4.69) is 38.1 Å². The lowest BCUT2D eigenvalue weighted by atomic mass is 9.94. The molecule has 4 heterocycles. The van der Waals surface area contributed by atoms with Crippen LogP contribution >= 0.6 is 0 Å². The van der Waals surface area contributed by atoms with E-state index in [9.17, 15) is 80.1 Å². The van der Waals surface area contributed by atoms with Gasteiger partial charge in [0.2, 0.25) is 0 Å². The number of hydrogen-bond donors (Lipinski definition) is 4. The van der Waals surface area contributed by atoms with Crippen molar-refractivity contribution in [1.82, 2.24) is 0 Å². The van der Waals surface area contributed by atoms with Gasteiger partial charge in [0, 0.05) is 146 Å². The summed E-state index contributed by atoms with van der Waals surface area (Å²) in [5.41, 5.74) is 15.7. The minimum absolute atomic E-state index is 0.0299. The minimum Gasteiger partial charge on any atom is -0.508 e. The summed E-state index contributed by atoms with van der Waals surface area (Å²) >= 11 is 0. The van der Waals surface area contributed by atoms with E-state index in [1.807, 2.05) is 185 Å². The number of hydrogen-bond acceptors (Lipinski definition) is 20. The summed E-state index contributed by atoms with van der Waals surface area (Å²) in [6.45, 7) is 12.2. The van der Waals surface area contributed by atoms with E-state index in [1.54, 1.807) is 86.9 Å². The van der Waals surface area contributed by atoms with Crippen LogP contribution in [-0.2, 0) is 57.7 Å². The lowest BCUT2D eigenvalue weighted by molar-refractivity contribution is -0.385. The maximum atomic E-state index is 13.2. The molecule has 26 nitrogen and oxygen atoms in total. The molecule has 4 aliphatic rings. The third-order valence-corrected chi connectivity index (χ3v) is 22.1. The largest absolute Gasteiger partial charge is 0.508 e. The number of anilines is 2. The Kier molecular flexibility index (Phi) is 35.2. The number of Topliss-reactive ketones (excluding diaryl/α,β-unsaturated/α-hetero) is 2. The number of phenolic OH excluding ortho intramolecular Hbond substituents is 4. The maximum absolute atomic E-state index is 13.2. The van der Waals surface area contributed by atoms with Gasteiger partial charge in [0.05, 0.1) is 53.9 Å². The number of aryl methyl sites for hydroxylation is 2. The van der Waals surface area contributed by atoms with Gasteiger partial charge in [-0.25, -0.2) is 0 Å². The number of nitro groups is 4. The molecule has 2 amide bonds. The molecule has 0 aromatic heterocycles. The molecule has 0 fully saturated rings.